The molecule has 1 atom stereocenters. The van der Waals surface area contributed by atoms with E-state index >= 15 is 0 Å². The first-order valence-electron chi connectivity index (χ1n) is 4.81. The van der Waals surface area contributed by atoms with Crippen molar-refractivity contribution in [2.45, 2.75) is 25.8 Å². The maximum absolute atomic E-state index is 3.47. The largest absolute Gasteiger partial charge is 0.315 e. The Morgan fingerprint density at radius 1 is 1.36 bits per heavy atom. The standard InChI is InChI=1S/C9H18N2/c1-8-6-10-4-5-11(7-8)9-2-3-9/h8-10H,2-7H2,1H3/t8-/m1/s1. The quantitative estimate of drug-likeness (QED) is 0.598. The van der Waals surface area contributed by atoms with Crippen LogP contribution in [0.15, 0.2) is 0 Å². The Hall–Kier alpha value is -0.0800. The normalized spacial score (nSPS) is 35.2. The second-order valence-corrected chi connectivity index (χ2v) is 4.04. The van der Waals surface area contributed by atoms with Gasteiger partial charge < -0.3 is 5.32 Å². The third-order valence-corrected chi connectivity index (χ3v) is 2.68. The molecule has 2 heteroatoms. The Morgan fingerprint density at radius 2 is 2.18 bits per heavy atom. The summed E-state index contributed by atoms with van der Waals surface area (Å²) in [5, 5.41) is 3.47. The average Bonchev–Trinajstić information content (AvgIpc) is 2.71. The summed E-state index contributed by atoms with van der Waals surface area (Å²) >= 11 is 0. The van der Waals surface area contributed by atoms with Gasteiger partial charge in [-0.1, -0.05) is 6.92 Å². The van der Waals surface area contributed by atoms with Crippen LogP contribution in [0.3, 0.4) is 0 Å². The average molecular weight is 154 g/mol. The van der Waals surface area contributed by atoms with Crippen LogP contribution < -0.4 is 5.32 Å². The lowest BCUT2D eigenvalue weighted by Crippen LogP contribution is -2.31. The van der Waals surface area contributed by atoms with Crippen LogP contribution in [-0.2, 0) is 0 Å². The fraction of sp³-hybridized carbons (Fsp3) is 1.00. The van der Waals surface area contributed by atoms with Crippen molar-refractivity contribution < 1.29 is 0 Å². The number of hydrogen-bond donors (Lipinski definition) is 1. The molecule has 1 saturated carbocycles. The molecule has 0 aromatic rings. The molecular formula is C9H18N2. The molecule has 2 nitrogen and oxygen atoms in total. The number of nitrogens with one attached hydrogen (secondary N) is 1. The number of rotatable bonds is 1. The summed E-state index contributed by atoms with van der Waals surface area (Å²) in [6, 6.07) is 0.956. The molecule has 0 aromatic carbocycles. The summed E-state index contributed by atoms with van der Waals surface area (Å²) in [5.74, 6) is 0.845. The zero-order valence-electron chi connectivity index (χ0n) is 7.34. The Kier molecular flexibility index (Phi) is 2.14. The molecule has 1 saturated heterocycles. The Balaban J connectivity index is 1.86. The van der Waals surface area contributed by atoms with E-state index in [1.54, 1.807) is 0 Å². The van der Waals surface area contributed by atoms with E-state index in [9.17, 15) is 0 Å². The molecule has 1 N–H and O–H groups in total. The fourth-order valence-corrected chi connectivity index (χ4v) is 1.90. The van der Waals surface area contributed by atoms with Gasteiger partial charge in [-0.3, -0.25) is 4.90 Å². The molecule has 0 aromatic heterocycles. The summed E-state index contributed by atoms with van der Waals surface area (Å²) in [6.07, 6.45) is 2.90. The van der Waals surface area contributed by atoms with Gasteiger partial charge in [-0.2, -0.15) is 0 Å². The summed E-state index contributed by atoms with van der Waals surface area (Å²) in [6.45, 7) is 7.34. The summed E-state index contributed by atoms with van der Waals surface area (Å²) in [4.78, 5) is 2.66. The molecule has 11 heavy (non-hydrogen) atoms. The minimum atomic E-state index is 0.845. The summed E-state index contributed by atoms with van der Waals surface area (Å²) in [5.41, 5.74) is 0. The van der Waals surface area contributed by atoms with Crippen molar-refractivity contribution in [1.29, 1.82) is 0 Å². The molecule has 0 bridgehead atoms. The van der Waals surface area contributed by atoms with Crippen LogP contribution in [0.4, 0.5) is 0 Å². The lowest BCUT2D eigenvalue weighted by molar-refractivity contribution is 0.255. The number of hydrogen-bond acceptors (Lipinski definition) is 2. The highest BCUT2D eigenvalue weighted by Gasteiger charge is 2.30. The van der Waals surface area contributed by atoms with E-state index in [-0.39, 0.29) is 0 Å². The SMILES string of the molecule is C[C@@H]1CNCCN(C2CC2)C1. The second-order valence-electron chi connectivity index (χ2n) is 4.04. The van der Waals surface area contributed by atoms with Gasteiger partial charge in [-0.15, -0.1) is 0 Å². The van der Waals surface area contributed by atoms with Gasteiger partial charge in [0.25, 0.3) is 0 Å². The van der Waals surface area contributed by atoms with Gasteiger partial charge in [0.15, 0.2) is 0 Å². The first-order valence-corrected chi connectivity index (χ1v) is 4.81. The topological polar surface area (TPSA) is 15.3 Å². The monoisotopic (exact) mass is 154 g/mol. The van der Waals surface area contributed by atoms with Crippen molar-refractivity contribution in [3.63, 3.8) is 0 Å². The molecule has 0 spiro atoms. The highest BCUT2D eigenvalue weighted by atomic mass is 15.2. The minimum absolute atomic E-state index is 0.845. The third-order valence-electron chi connectivity index (χ3n) is 2.68. The maximum atomic E-state index is 3.47. The van der Waals surface area contributed by atoms with Crippen LogP contribution >= 0.6 is 0 Å². The fourth-order valence-electron chi connectivity index (χ4n) is 1.90. The first-order chi connectivity index (χ1) is 5.36. The van der Waals surface area contributed by atoms with Crippen LogP contribution in [0, 0.1) is 5.92 Å². The van der Waals surface area contributed by atoms with E-state index in [1.165, 1.54) is 39.0 Å². The lowest BCUT2D eigenvalue weighted by Gasteiger charge is -2.20. The molecule has 0 unspecified atom stereocenters. The van der Waals surface area contributed by atoms with Crippen molar-refractivity contribution in [3.05, 3.63) is 0 Å². The smallest absolute Gasteiger partial charge is 0.0110 e. The highest BCUT2D eigenvalue weighted by molar-refractivity contribution is 4.86. The van der Waals surface area contributed by atoms with E-state index in [0.29, 0.717) is 0 Å². The molecule has 2 rings (SSSR count). The summed E-state index contributed by atoms with van der Waals surface area (Å²) in [7, 11) is 0. The van der Waals surface area contributed by atoms with Gasteiger partial charge in [-0.25, -0.2) is 0 Å². The van der Waals surface area contributed by atoms with E-state index in [2.05, 4.69) is 17.1 Å². The van der Waals surface area contributed by atoms with Crippen molar-refractivity contribution in [2.24, 2.45) is 5.92 Å². The van der Waals surface area contributed by atoms with Crippen molar-refractivity contribution >= 4 is 0 Å². The molecule has 1 aliphatic heterocycles. The minimum Gasteiger partial charge on any atom is -0.315 e. The van der Waals surface area contributed by atoms with Gasteiger partial charge in [-0.05, 0) is 25.3 Å². The Labute approximate surface area is 69.0 Å². The first kappa shape index (κ1) is 7.56. The molecule has 0 amide bonds. The predicted octanol–water partition coefficient (Wildman–Crippen LogP) is 0.690. The van der Waals surface area contributed by atoms with Crippen molar-refractivity contribution in [2.75, 3.05) is 26.2 Å². The van der Waals surface area contributed by atoms with Gasteiger partial charge in [0.2, 0.25) is 0 Å². The van der Waals surface area contributed by atoms with E-state index in [4.69, 9.17) is 0 Å². The number of nitrogens with zero attached hydrogens (tertiary/aromatic N) is 1. The van der Waals surface area contributed by atoms with Gasteiger partial charge >= 0.3 is 0 Å². The van der Waals surface area contributed by atoms with Crippen LogP contribution in [-0.4, -0.2) is 37.1 Å². The zero-order valence-corrected chi connectivity index (χ0v) is 7.34. The summed E-state index contributed by atoms with van der Waals surface area (Å²) < 4.78 is 0. The maximum Gasteiger partial charge on any atom is 0.0110 e. The second kappa shape index (κ2) is 3.11. The van der Waals surface area contributed by atoms with Crippen LogP contribution in [0.25, 0.3) is 0 Å². The van der Waals surface area contributed by atoms with E-state index < -0.39 is 0 Å². The predicted molar refractivity (Wildman–Crippen MR) is 46.6 cm³/mol. The molecule has 1 aliphatic carbocycles. The lowest BCUT2D eigenvalue weighted by atomic mass is 10.2. The Morgan fingerprint density at radius 3 is 2.91 bits per heavy atom. The van der Waals surface area contributed by atoms with Crippen molar-refractivity contribution in [3.8, 4) is 0 Å². The van der Waals surface area contributed by atoms with Gasteiger partial charge in [0.05, 0.1) is 0 Å². The van der Waals surface area contributed by atoms with Crippen LogP contribution in [0.1, 0.15) is 19.8 Å². The molecular weight excluding hydrogens is 136 g/mol. The van der Waals surface area contributed by atoms with Crippen LogP contribution in [0.5, 0.6) is 0 Å². The molecule has 64 valence electrons. The molecule has 0 radical (unpaired) electrons. The molecule has 2 fully saturated rings. The third kappa shape index (κ3) is 1.94. The Bertz CT molecular complexity index is 132. The molecule has 1 heterocycles. The van der Waals surface area contributed by atoms with E-state index in [1.807, 2.05) is 0 Å². The van der Waals surface area contributed by atoms with Crippen molar-refractivity contribution in [1.82, 2.24) is 10.2 Å². The van der Waals surface area contributed by atoms with Gasteiger partial charge in [0, 0.05) is 25.7 Å². The highest BCUT2D eigenvalue weighted by Crippen LogP contribution is 2.27. The van der Waals surface area contributed by atoms with E-state index in [0.717, 1.165) is 12.0 Å². The van der Waals surface area contributed by atoms with Crippen LogP contribution in [0.2, 0.25) is 0 Å². The molecule has 2 aliphatic rings. The van der Waals surface area contributed by atoms with Gasteiger partial charge in [0.1, 0.15) is 0 Å². The zero-order chi connectivity index (χ0) is 7.68.